The predicted octanol–water partition coefficient (Wildman–Crippen LogP) is 4.06. The molecule has 2 rings (SSSR count). The van der Waals surface area contributed by atoms with Gasteiger partial charge in [-0.3, -0.25) is 0 Å². The molecule has 1 aromatic heterocycles. The highest BCUT2D eigenvalue weighted by atomic mass is 15.0. The Morgan fingerprint density at radius 1 is 1.21 bits per heavy atom. The van der Waals surface area contributed by atoms with Gasteiger partial charge in [0.25, 0.3) is 0 Å². The number of nitrogens with one attached hydrogen (secondary N) is 1. The molecule has 0 spiro atoms. The van der Waals surface area contributed by atoms with Crippen molar-refractivity contribution in [3.63, 3.8) is 0 Å². The standard InChI is InChI=1S/C17H26N2/c1-3-7-15(2)14-18-11-6-12-19-13-10-16-8-4-5-9-17(16)19/h4-5,8-10,13,15,18H,3,6-7,11-12,14H2,1-2H3. The lowest BCUT2D eigenvalue weighted by Gasteiger charge is -2.11. The van der Waals surface area contributed by atoms with Gasteiger partial charge in [-0.05, 0) is 49.4 Å². The number of para-hydroxylation sites is 1. The Kier molecular flexibility index (Phi) is 5.46. The number of aryl methyl sites for hydroxylation is 1. The fourth-order valence-electron chi connectivity index (χ4n) is 2.65. The van der Waals surface area contributed by atoms with Crippen LogP contribution in [-0.2, 0) is 6.54 Å². The van der Waals surface area contributed by atoms with Crippen LogP contribution in [0, 0.1) is 5.92 Å². The van der Waals surface area contributed by atoms with E-state index in [1.807, 2.05) is 0 Å². The lowest BCUT2D eigenvalue weighted by atomic mass is 10.1. The van der Waals surface area contributed by atoms with Crippen molar-refractivity contribution in [3.05, 3.63) is 36.5 Å². The highest BCUT2D eigenvalue weighted by molar-refractivity contribution is 5.79. The normalized spacial score (nSPS) is 12.9. The van der Waals surface area contributed by atoms with E-state index in [0.717, 1.165) is 25.6 Å². The van der Waals surface area contributed by atoms with Crippen LogP contribution in [0.1, 0.15) is 33.1 Å². The quantitative estimate of drug-likeness (QED) is 0.707. The average Bonchev–Trinajstić information content (AvgIpc) is 2.82. The van der Waals surface area contributed by atoms with E-state index in [1.165, 1.54) is 30.2 Å². The molecule has 2 aromatic rings. The molecule has 104 valence electrons. The van der Waals surface area contributed by atoms with Crippen molar-refractivity contribution in [2.75, 3.05) is 13.1 Å². The second-order valence-corrected chi connectivity index (χ2v) is 5.52. The van der Waals surface area contributed by atoms with Gasteiger partial charge in [-0.2, -0.15) is 0 Å². The summed E-state index contributed by atoms with van der Waals surface area (Å²) in [7, 11) is 0. The van der Waals surface area contributed by atoms with Gasteiger partial charge in [-0.15, -0.1) is 0 Å². The topological polar surface area (TPSA) is 17.0 Å². The summed E-state index contributed by atoms with van der Waals surface area (Å²) in [4.78, 5) is 0. The van der Waals surface area contributed by atoms with Crippen LogP contribution in [0.25, 0.3) is 10.9 Å². The minimum Gasteiger partial charge on any atom is -0.347 e. The molecule has 1 atom stereocenters. The Labute approximate surface area is 116 Å². The molecule has 0 bridgehead atoms. The van der Waals surface area contributed by atoms with Gasteiger partial charge in [0, 0.05) is 18.3 Å². The molecule has 1 heterocycles. The summed E-state index contributed by atoms with van der Waals surface area (Å²) < 4.78 is 2.35. The third-order valence-corrected chi connectivity index (χ3v) is 3.71. The van der Waals surface area contributed by atoms with Gasteiger partial charge in [0.15, 0.2) is 0 Å². The van der Waals surface area contributed by atoms with Crippen LogP contribution < -0.4 is 5.32 Å². The van der Waals surface area contributed by atoms with Crippen LogP contribution in [0.5, 0.6) is 0 Å². The fourth-order valence-corrected chi connectivity index (χ4v) is 2.65. The van der Waals surface area contributed by atoms with Crippen LogP contribution >= 0.6 is 0 Å². The van der Waals surface area contributed by atoms with Gasteiger partial charge in [-0.25, -0.2) is 0 Å². The van der Waals surface area contributed by atoms with Gasteiger partial charge in [0.1, 0.15) is 0 Å². The zero-order chi connectivity index (χ0) is 13.5. The van der Waals surface area contributed by atoms with Crippen molar-refractivity contribution in [1.82, 2.24) is 9.88 Å². The van der Waals surface area contributed by atoms with E-state index in [4.69, 9.17) is 0 Å². The molecule has 0 saturated carbocycles. The maximum Gasteiger partial charge on any atom is 0.0480 e. The fraction of sp³-hybridized carbons (Fsp3) is 0.529. The summed E-state index contributed by atoms with van der Waals surface area (Å²) in [5.74, 6) is 0.803. The zero-order valence-corrected chi connectivity index (χ0v) is 12.2. The first-order valence-corrected chi connectivity index (χ1v) is 7.56. The molecule has 0 aliphatic carbocycles. The average molecular weight is 258 g/mol. The molecule has 0 fully saturated rings. The second-order valence-electron chi connectivity index (χ2n) is 5.52. The SMILES string of the molecule is CCCC(C)CNCCCn1ccc2ccccc21. The molecule has 0 radical (unpaired) electrons. The Bertz CT molecular complexity index is 487. The first-order valence-electron chi connectivity index (χ1n) is 7.56. The molecule has 0 aliphatic rings. The van der Waals surface area contributed by atoms with Gasteiger partial charge in [0.2, 0.25) is 0 Å². The van der Waals surface area contributed by atoms with E-state index in [1.54, 1.807) is 0 Å². The van der Waals surface area contributed by atoms with Gasteiger partial charge >= 0.3 is 0 Å². The third-order valence-electron chi connectivity index (χ3n) is 3.71. The number of nitrogens with zero attached hydrogens (tertiary/aromatic N) is 1. The highest BCUT2D eigenvalue weighted by Crippen LogP contribution is 2.15. The van der Waals surface area contributed by atoms with Crippen LogP contribution in [0.4, 0.5) is 0 Å². The Morgan fingerprint density at radius 3 is 2.89 bits per heavy atom. The van der Waals surface area contributed by atoms with E-state index in [9.17, 15) is 0 Å². The Hall–Kier alpha value is -1.28. The Morgan fingerprint density at radius 2 is 2.05 bits per heavy atom. The van der Waals surface area contributed by atoms with E-state index >= 15 is 0 Å². The lowest BCUT2D eigenvalue weighted by Crippen LogP contribution is -2.23. The smallest absolute Gasteiger partial charge is 0.0480 e. The van der Waals surface area contributed by atoms with Gasteiger partial charge in [-0.1, -0.05) is 38.5 Å². The van der Waals surface area contributed by atoms with Crippen molar-refractivity contribution in [1.29, 1.82) is 0 Å². The summed E-state index contributed by atoms with van der Waals surface area (Å²) in [5.41, 5.74) is 1.35. The lowest BCUT2D eigenvalue weighted by molar-refractivity contribution is 0.466. The van der Waals surface area contributed by atoms with Gasteiger partial charge in [0.05, 0.1) is 0 Å². The number of aromatic nitrogens is 1. The van der Waals surface area contributed by atoms with Crippen molar-refractivity contribution >= 4 is 10.9 Å². The number of benzene rings is 1. The molecular formula is C17H26N2. The summed E-state index contributed by atoms with van der Waals surface area (Å²) in [6.07, 6.45) is 6.01. The van der Waals surface area contributed by atoms with Crippen LogP contribution in [0.3, 0.4) is 0 Å². The van der Waals surface area contributed by atoms with Crippen LogP contribution in [0.2, 0.25) is 0 Å². The van der Waals surface area contributed by atoms with Gasteiger partial charge < -0.3 is 9.88 Å². The molecule has 19 heavy (non-hydrogen) atoms. The summed E-state index contributed by atoms with van der Waals surface area (Å²) in [5, 5.41) is 4.91. The molecule has 0 amide bonds. The molecule has 0 aliphatic heterocycles. The second kappa shape index (κ2) is 7.34. The maximum absolute atomic E-state index is 3.57. The van der Waals surface area contributed by atoms with E-state index < -0.39 is 0 Å². The van der Waals surface area contributed by atoms with Crippen LogP contribution in [0.15, 0.2) is 36.5 Å². The molecule has 1 unspecified atom stereocenters. The maximum atomic E-state index is 3.57. The highest BCUT2D eigenvalue weighted by Gasteiger charge is 2.01. The van der Waals surface area contributed by atoms with E-state index in [0.29, 0.717) is 0 Å². The largest absolute Gasteiger partial charge is 0.347 e. The van der Waals surface area contributed by atoms with Crippen molar-refractivity contribution < 1.29 is 0 Å². The van der Waals surface area contributed by atoms with Crippen LogP contribution in [-0.4, -0.2) is 17.7 Å². The molecule has 1 aromatic carbocycles. The van der Waals surface area contributed by atoms with Crippen molar-refractivity contribution in [3.8, 4) is 0 Å². The number of hydrogen-bond donors (Lipinski definition) is 1. The number of fused-ring (bicyclic) bond motifs is 1. The first-order chi connectivity index (χ1) is 9.31. The van der Waals surface area contributed by atoms with Crippen molar-refractivity contribution in [2.45, 2.75) is 39.7 Å². The molecule has 2 heteroatoms. The summed E-state index contributed by atoms with van der Waals surface area (Å²) in [6.45, 7) is 7.95. The molecular weight excluding hydrogens is 232 g/mol. The minimum absolute atomic E-state index is 0.803. The number of hydrogen-bond acceptors (Lipinski definition) is 1. The first kappa shape index (κ1) is 14.1. The zero-order valence-electron chi connectivity index (χ0n) is 12.2. The monoisotopic (exact) mass is 258 g/mol. The summed E-state index contributed by atoms with van der Waals surface area (Å²) >= 11 is 0. The molecule has 2 nitrogen and oxygen atoms in total. The molecule has 1 N–H and O–H groups in total. The third kappa shape index (κ3) is 4.10. The Balaban J connectivity index is 1.71. The molecule has 0 saturated heterocycles. The summed E-state index contributed by atoms with van der Waals surface area (Å²) in [6, 6.07) is 10.8. The predicted molar refractivity (Wildman–Crippen MR) is 83.5 cm³/mol. The minimum atomic E-state index is 0.803. The van der Waals surface area contributed by atoms with E-state index in [2.05, 4.69) is 60.3 Å². The van der Waals surface area contributed by atoms with Crippen molar-refractivity contribution in [2.24, 2.45) is 5.92 Å². The number of rotatable bonds is 8. The van der Waals surface area contributed by atoms with E-state index in [-0.39, 0.29) is 0 Å².